The van der Waals surface area contributed by atoms with Crippen molar-refractivity contribution in [2.75, 3.05) is 0 Å². The van der Waals surface area contributed by atoms with E-state index in [1.54, 1.807) is 31.2 Å². The summed E-state index contributed by atoms with van der Waals surface area (Å²) in [7, 11) is -5.77. The predicted molar refractivity (Wildman–Crippen MR) is 108 cm³/mol. The molecule has 0 radical (unpaired) electrons. The van der Waals surface area contributed by atoms with Gasteiger partial charge in [-0.15, -0.1) is 5.10 Å². The second-order valence-electron chi connectivity index (χ2n) is 6.18. The third-order valence-electron chi connectivity index (χ3n) is 3.56. The van der Waals surface area contributed by atoms with E-state index in [2.05, 4.69) is 14.4 Å². The fraction of sp³-hybridized carbons (Fsp3) is 0.211. The van der Waals surface area contributed by atoms with Crippen LogP contribution in [0.5, 0.6) is 5.75 Å². The van der Waals surface area contributed by atoms with Crippen LogP contribution >= 0.6 is 11.6 Å². The molecule has 2 aromatic rings. The summed E-state index contributed by atoms with van der Waals surface area (Å²) >= 11 is 5.90. The van der Waals surface area contributed by atoms with E-state index in [0.29, 0.717) is 27.6 Å². The highest BCUT2D eigenvalue weighted by molar-refractivity contribution is 7.88. The Morgan fingerprint density at radius 1 is 0.967 bits per heavy atom. The Balaban J connectivity index is 2.42. The molecule has 0 aliphatic heterocycles. The lowest BCUT2D eigenvalue weighted by atomic mass is 10.0. The summed E-state index contributed by atoms with van der Waals surface area (Å²) < 4.78 is 63.7. The van der Waals surface area contributed by atoms with E-state index in [9.17, 15) is 26.4 Å². The van der Waals surface area contributed by atoms with Crippen LogP contribution in [0.4, 0.5) is 13.2 Å². The lowest BCUT2D eigenvalue weighted by Crippen LogP contribution is -2.28. The predicted octanol–water partition coefficient (Wildman–Crippen LogP) is 4.76. The van der Waals surface area contributed by atoms with Crippen molar-refractivity contribution in [3.05, 3.63) is 64.7 Å². The number of nitrogens with zero attached hydrogens (tertiary/aromatic N) is 2. The third-order valence-corrected chi connectivity index (χ3v) is 4.79. The van der Waals surface area contributed by atoms with E-state index in [4.69, 9.17) is 11.6 Å². The van der Waals surface area contributed by atoms with E-state index in [0.717, 1.165) is 12.1 Å². The fourth-order valence-electron chi connectivity index (χ4n) is 2.26. The number of carbonyl (C=O) groups excluding carboxylic acids is 1. The fourth-order valence-corrected chi connectivity index (χ4v) is 2.85. The second kappa shape index (κ2) is 9.40. The van der Waals surface area contributed by atoms with Crippen LogP contribution in [0.15, 0.2) is 58.7 Å². The second-order valence-corrected chi connectivity index (χ2v) is 8.15. The van der Waals surface area contributed by atoms with Gasteiger partial charge in [-0.05, 0) is 50.2 Å². The molecule has 2 aromatic carbocycles. The summed E-state index contributed by atoms with van der Waals surface area (Å²) in [5.74, 6) is -0.602. The maximum absolute atomic E-state index is 12.5. The minimum Gasteiger partial charge on any atom is -0.376 e. The van der Waals surface area contributed by atoms with Crippen LogP contribution in [0.1, 0.15) is 31.4 Å². The lowest BCUT2D eigenvalue weighted by Gasteiger charge is -2.10. The van der Waals surface area contributed by atoms with Crippen LogP contribution in [0.2, 0.25) is 5.02 Å². The molecule has 0 saturated heterocycles. The highest BCUT2D eigenvalue weighted by Gasteiger charge is 2.48. The number of ketones is 1. The minimum absolute atomic E-state index is 0.0909. The summed E-state index contributed by atoms with van der Waals surface area (Å²) in [6.07, 6.45) is 0.111. The van der Waals surface area contributed by atoms with Crippen LogP contribution < -0.4 is 4.18 Å². The van der Waals surface area contributed by atoms with Crippen LogP contribution in [0.3, 0.4) is 0 Å². The monoisotopic (exact) mass is 460 g/mol. The van der Waals surface area contributed by atoms with Gasteiger partial charge < -0.3 is 4.18 Å². The Morgan fingerprint density at radius 3 is 1.93 bits per heavy atom. The molecule has 0 bridgehead atoms. The molecule has 0 aromatic heterocycles. The van der Waals surface area contributed by atoms with E-state index < -0.39 is 21.4 Å². The average Bonchev–Trinajstić information content (AvgIpc) is 2.62. The zero-order valence-electron chi connectivity index (χ0n) is 15.8. The van der Waals surface area contributed by atoms with Crippen molar-refractivity contribution in [3.8, 4) is 5.75 Å². The molecule has 11 heteroatoms. The molecule has 0 amide bonds. The molecule has 0 fully saturated rings. The van der Waals surface area contributed by atoms with Gasteiger partial charge in [0.1, 0.15) is 17.2 Å². The minimum atomic E-state index is -5.77. The maximum atomic E-state index is 12.5. The van der Waals surface area contributed by atoms with Gasteiger partial charge in [-0.2, -0.15) is 26.7 Å². The van der Waals surface area contributed by atoms with Crippen molar-refractivity contribution < 1.29 is 30.6 Å². The van der Waals surface area contributed by atoms with Crippen LogP contribution in [-0.4, -0.2) is 31.1 Å². The molecule has 0 unspecified atom stereocenters. The van der Waals surface area contributed by atoms with Crippen molar-refractivity contribution >= 4 is 38.9 Å². The number of hydrogen-bond donors (Lipinski definition) is 0. The van der Waals surface area contributed by atoms with Crippen LogP contribution in [0.25, 0.3) is 0 Å². The standard InChI is InChI=1S/C19H16ClF3N2O4S/c1-12(11-13(2)26)24-25-18(14-3-7-16(20)8-4-14)15-5-9-17(10-6-15)29-30(27,28)19(21,22)23/h3-10H,11H2,1-2H3. The molecule has 0 heterocycles. The molecule has 0 N–H and O–H groups in total. The number of alkyl halides is 3. The van der Waals surface area contributed by atoms with Gasteiger partial charge in [0.05, 0.1) is 0 Å². The number of carbonyl (C=O) groups is 1. The van der Waals surface area contributed by atoms with Crippen molar-refractivity contribution in [2.24, 2.45) is 10.2 Å². The maximum Gasteiger partial charge on any atom is 0.534 e. The van der Waals surface area contributed by atoms with Gasteiger partial charge in [0.25, 0.3) is 0 Å². The number of rotatable bonds is 7. The van der Waals surface area contributed by atoms with Gasteiger partial charge in [0.2, 0.25) is 0 Å². The largest absolute Gasteiger partial charge is 0.534 e. The SMILES string of the molecule is CC(=O)CC(C)=NN=C(c1ccc(Cl)cc1)c1ccc(OS(=O)(=O)C(F)(F)F)cc1. The first-order valence-corrected chi connectivity index (χ1v) is 10.2. The van der Waals surface area contributed by atoms with Crippen molar-refractivity contribution in [1.29, 1.82) is 0 Å². The Kier molecular flexibility index (Phi) is 7.38. The summed E-state index contributed by atoms with van der Waals surface area (Å²) in [4.78, 5) is 11.2. The van der Waals surface area contributed by atoms with Gasteiger partial charge in [-0.25, -0.2) is 0 Å². The molecule has 30 heavy (non-hydrogen) atoms. The van der Waals surface area contributed by atoms with Crippen LogP contribution in [0, 0.1) is 0 Å². The molecular formula is C19H16ClF3N2O4S. The number of Topliss-reactive ketones (excluding diaryl/α,β-unsaturated/α-hetero) is 1. The quantitative estimate of drug-likeness (QED) is 0.258. The molecule has 2 rings (SSSR count). The van der Waals surface area contributed by atoms with Crippen LogP contribution in [-0.2, 0) is 14.9 Å². The van der Waals surface area contributed by atoms with Crippen molar-refractivity contribution in [2.45, 2.75) is 25.8 Å². The summed E-state index contributed by atoms with van der Waals surface area (Å²) in [5.41, 5.74) is -3.72. The Hall–Kier alpha value is -2.72. The molecule has 0 aliphatic carbocycles. The average molecular weight is 461 g/mol. The van der Waals surface area contributed by atoms with Gasteiger partial charge in [0, 0.05) is 28.3 Å². The van der Waals surface area contributed by atoms with Crippen molar-refractivity contribution in [3.63, 3.8) is 0 Å². The number of benzene rings is 2. The summed E-state index contributed by atoms with van der Waals surface area (Å²) in [5, 5.41) is 8.67. The van der Waals surface area contributed by atoms with E-state index in [1.165, 1.54) is 19.1 Å². The zero-order valence-corrected chi connectivity index (χ0v) is 17.3. The Bertz CT molecular complexity index is 1080. The van der Waals surface area contributed by atoms with Crippen molar-refractivity contribution in [1.82, 2.24) is 0 Å². The van der Waals surface area contributed by atoms with Gasteiger partial charge in [-0.3, -0.25) is 4.79 Å². The Morgan fingerprint density at radius 2 is 1.47 bits per heavy atom. The van der Waals surface area contributed by atoms with Gasteiger partial charge in [0.15, 0.2) is 0 Å². The first-order chi connectivity index (χ1) is 13.9. The first kappa shape index (κ1) is 23.6. The third kappa shape index (κ3) is 6.39. The zero-order chi connectivity index (χ0) is 22.5. The molecule has 160 valence electrons. The molecule has 6 nitrogen and oxygen atoms in total. The molecule has 0 atom stereocenters. The first-order valence-electron chi connectivity index (χ1n) is 8.37. The highest BCUT2D eigenvalue weighted by Crippen LogP contribution is 2.27. The lowest BCUT2D eigenvalue weighted by molar-refractivity contribution is -0.115. The van der Waals surface area contributed by atoms with Gasteiger partial charge >= 0.3 is 15.6 Å². The van der Waals surface area contributed by atoms with E-state index in [-0.39, 0.29) is 12.2 Å². The number of hydrogen-bond acceptors (Lipinski definition) is 6. The molecule has 0 saturated carbocycles. The van der Waals surface area contributed by atoms with E-state index >= 15 is 0 Å². The summed E-state index contributed by atoms with van der Waals surface area (Å²) in [6.45, 7) is 3.04. The summed E-state index contributed by atoms with van der Waals surface area (Å²) in [6, 6.07) is 11.4. The Labute approximate surface area is 176 Å². The topological polar surface area (TPSA) is 85.2 Å². The number of halogens is 4. The van der Waals surface area contributed by atoms with Gasteiger partial charge in [-0.1, -0.05) is 23.7 Å². The smallest absolute Gasteiger partial charge is 0.376 e. The molecule has 0 spiro atoms. The highest BCUT2D eigenvalue weighted by atomic mass is 35.5. The molecule has 0 aliphatic rings. The molecular weight excluding hydrogens is 445 g/mol. The normalized spacial score (nSPS) is 13.3. The van der Waals surface area contributed by atoms with E-state index in [1.807, 2.05) is 0 Å².